The van der Waals surface area contributed by atoms with Crippen molar-refractivity contribution in [3.05, 3.63) is 24.3 Å². The van der Waals surface area contributed by atoms with E-state index in [1.165, 1.54) is 0 Å². The zero-order valence-electron chi connectivity index (χ0n) is 15.1. The summed E-state index contributed by atoms with van der Waals surface area (Å²) >= 11 is 0. The van der Waals surface area contributed by atoms with Crippen LogP contribution >= 0.6 is 0 Å². The Hall–Kier alpha value is -2.77. The zero-order valence-corrected chi connectivity index (χ0v) is 15.1. The van der Waals surface area contributed by atoms with Gasteiger partial charge in [0.25, 0.3) is 0 Å². The van der Waals surface area contributed by atoms with E-state index in [0.29, 0.717) is 32.8 Å². The Morgan fingerprint density at radius 3 is 2.46 bits per heavy atom. The molecule has 0 saturated carbocycles. The second kappa shape index (κ2) is 10.3. The summed E-state index contributed by atoms with van der Waals surface area (Å²) in [6.45, 7) is 4.62. The van der Waals surface area contributed by atoms with Gasteiger partial charge in [0.15, 0.2) is 11.5 Å². The molecule has 0 bridgehead atoms. The normalized spacial score (nSPS) is 15.2. The van der Waals surface area contributed by atoms with Gasteiger partial charge in [-0.1, -0.05) is 19.1 Å². The summed E-state index contributed by atoms with van der Waals surface area (Å²) in [4.78, 5) is 16.1. The van der Waals surface area contributed by atoms with Crippen molar-refractivity contribution in [1.29, 1.82) is 10.5 Å². The molecule has 1 unspecified atom stereocenters. The van der Waals surface area contributed by atoms with Gasteiger partial charge in [0, 0.05) is 19.6 Å². The summed E-state index contributed by atoms with van der Waals surface area (Å²) in [6.07, 6.45) is 0.378. The fraction of sp³-hybridized carbons (Fsp3) is 0.526. The number of para-hydroxylation sites is 2. The van der Waals surface area contributed by atoms with Crippen molar-refractivity contribution in [2.75, 3.05) is 39.3 Å². The minimum Gasteiger partial charge on any atom is -0.486 e. The molecule has 1 heterocycles. The van der Waals surface area contributed by atoms with Crippen LogP contribution in [0, 0.1) is 22.7 Å². The maximum Gasteiger partial charge on any atom is 0.236 e. The minimum absolute atomic E-state index is 0.0746. The van der Waals surface area contributed by atoms with Crippen LogP contribution in [-0.4, -0.2) is 61.1 Å². The molecule has 1 aromatic carbocycles. The van der Waals surface area contributed by atoms with Gasteiger partial charge < -0.3 is 14.4 Å². The second-order valence-corrected chi connectivity index (χ2v) is 6.02. The molecule has 1 aliphatic heterocycles. The first-order chi connectivity index (χ1) is 12.7. The van der Waals surface area contributed by atoms with E-state index in [-0.39, 0.29) is 31.4 Å². The number of amides is 1. The summed E-state index contributed by atoms with van der Waals surface area (Å²) < 4.78 is 11.7. The molecule has 0 radical (unpaired) electrons. The summed E-state index contributed by atoms with van der Waals surface area (Å²) in [5.74, 6) is 1.38. The van der Waals surface area contributed by atoms with Crippen LogP contribution in [0.2, 0.25) is 0 Å². The lowest BCUT2D eigenvalue weighted by molar-refractivity contribution is -0.132. The number of ether oxygens (including phenoxy) is 2. The van der Waals surface area contributed by atoms with Crippen molar-refractivity contribution in [3.8, 4) is 23.6 Å². The third kappa shape index (κ3) is 5.65. The van der Waals surface area contributed by atoms with Crippen LogP contribution in [0.1, 0.15) is 19.8 Å². The monoisotopic (exact) mass is 356 g/mol. The van der Waals surface area contributed by atoms with Gasteiger partial charge in [0.1, 0.15) is 12.7 Å². The molecule has 0 saturated heterocycles. The van der Waals surface area contributed by atoms with E-state index in [0.717, 1.165) is 11.5 Å². The zero-order chi connectivity index (χ0) is 18.8. The molecular formula is C19H24N4O3. The molecule has 7 heteroatoms. The number of fused-ring (bicyclic) bond motifs is 1. The number of hydrogen-bond acceptors (Lipinski definition) is 6. The van der Waals surface area contributed by atoms with Gasteiger partial charge in [-0.3, -0.25) is 9.69 Å². The Kier molecular flexibility index (Phi) is 7.73. The fourth-order valence-corrected chi connectivity index (χ4v) is 2.77. The average Bonchev–Trinajstić information content (AvgIpc) is 2.67. The molecular weight excluding hydrogens is 332 g/mol. The third-order valence-electron chi connectivity index (χ3n) is 4.18. The SMILES string of the molecule is CCN(CC(=O)N(CCC#N)CCC#N)CC1COc2ccccc2O1. The van der Waals surface area contributed by atoms with E-state index in [2.05, 4.69) is 0 Å². The molecule has 2 rings (SSSR count). The molecule has 138 valence electrons. The number of carbonyl (C=O) groups is 1. The molecule has 0 N–H and O–H groups in total. The number of carbonyl (C=O) groups excluding carboxylic acids is 1. The maximum absolute atomic E-state index is 12.6. The Morgan fingerprint density at radius 1 is 1.19 bits per heavy atom. The van der Waals surface area contributed by atoms with Crippen molar-refractivity contribution >= 4 is 5.91 Å². The largest absolute Gasteiger partial charge is 0.486 e. The predicted octanol–water partition coefficient (Wildman–Crippen LogP) is 1.80. The molecule has 1 amide bonds. The minimum atomic E-state index is -0.149. The lowest BCUT2D eigenvalue weighted by Crippen LogP contribution is -2.46. The van der Waals surface area contributed by atoms with Crippen LogP contribution in [-0.2, 0) is 4.79 Å². The number of nitriles is 2. The van der Waals surface area contributed by atoms with Crippen LogP contribution in [0.15, 0.2) is 24.3 Å². The number of likely N-dealkylation sites (N-methyl/N-ethyl adjacent to an activating group) is 1. The second-order valence-electron chi connectivity index (χ2n) is 6.02. The van der Waals surface area contributed by atoms with E-state index < -0.39 is 0 Å². The van der Waals surface area contributed by atoms with Gasteiger partial charge in [0.2, 0.25) is 5.91 Å². The van der Waals surface area contributed by atoms with Crippen molar-refractivity contribution < 1.29 is 14.3 Å². The number of hydrogen-bond donors (Lipinski definition) is 0. The van der Waals surface area contributed by atoms with Gasteiger partial charge in [-0.25, -0.2) is 0 Å². The predicted molar refractivity (Wildman–Crippen MR) is 95.5 cm³/mol. The van der Waals surface area contributed by atoms with Crippen molar-refractivity contribution in [3.63, 3.8) is 0 Å². The van der Waals surface area contributed by atoms with E-state index >= 15 is 0 Å². The molecule has 0 spiro atoms. The van der Waals surface area contributed by atoms with E-state index in [4.69, 9.17) is 20.0 Å². The average molecular weight is 356 g/mol. The molecule has 26 heavy (non-hydrogen) atoms. The first kappa shape index (κ1) is 19.6. The summed E-state index contributed by atoms with van der Waals surface area (Å²) in [5, 5.41) is 17.5. The lowest BCUT2D eigenvalue weighted by Gasteiger charge is -2.31. The standard InChI is InChI=1S/C19H24N4O3/c1-2-22(14-19(24)23(11-5-9-20)12-6-10-21)13-16-15-25-17-7-3-4-8-18(17)26-16/h3-4,7-8,16H,2,5-6,11-15H2,1H3. The molecule has 0 aliphatic carbocycles. The quantitative estimate of drug-likeness (QED) is 0.670. The van der Waals surface area contributed by atoms with Gasteiger partial charge in [-0.2, -0.15) is 10.5 Å². The highest BCUT2D eigenvalue weighted by Crippen LogP contribution is 2.30. The number of nitrogens with zero attached hydrogens (tertiary/aromatic N) is 4. The molecule has 1 aromatic rings. The Balaban J connectivity index is 1.90. The van der Waals surface area contributed by atoms with E-state index in [1.54, 1.807) is 4.90 Å². The van der Waals surface area contributed by atoms with E-state index in [9.17, 15) is 4.79 Å². The third-order valence-corrected chi connectivity index (χ3v) is 4.18. The maximum atomic E-state index is 12.6. The van der Waals surface area contributed by atoms with Crippen LogP contribution in [0.5, 0.6) is 11.5 Å². The first-order valence-electron chi connectivity index (χ1n) is 8.80. The van der Waals surface area contributed by atoms with Crippen molar-refractivity contribution in [1.82, 2.24) is 9.80 Å². The Morgan fingerprint density at radius 2 is 1.85 bits per heavy atom. The van der Waals surface area contributed by atoms with Crippen LogP contribution in [0.3, 0.4) is 0 Å². The molecule has 1 atom stereocenters. The summed E-state index contributed by atoms with van der Waals surface area (Å²) in [7, 11) is 0. The van der Waals surface area contributed by atoms with Crippen LogP contribution < -0.4 is 9.47 Å². The molecule has 7 nitrogen and oxygen atoms in total. The van der Waals surface area contributed by atoms with E-state index in [1.807, 2.05) is 48.2 Å². The highest BCUT2D eigenvalue weighted by Gasteiger charge is 2.24. The van der Waals surface area contributed by atoms with Crippen LogP contribution in [0.4, 0.5) is 0 Å². The van der Waals surface area contributed by atoms with Gasteiger partial charge in [0.05, 0.1) is 31.5 Å². The number of rotatable bonds is 9. The van der Waals surface area contributed by atoms with Crippen molar-refractivity contribution in [2.24, 2.45) is 0 Å². The Bertz CT molecular complexity index is 662. The summed E-state index contributed by atoms with van der Waals surface area (Å²) in [6, 6.07) is 11.6. The Labute approximate surface area is 154 Å². The van der Waals surface area contributed by atoms with Crippen LogP contribution in [0.25, 0.3) is 0 Å². The molecule has 0 fully saturated rings. The topological polar surface area (TPSA) is 89.6 Å². The van der Waals surface area contributed by atoms with Crippen molar-refractivity contribution in [2.45, 2.75) is 25.9 Å². The van der Waals surface area contributed by atoms with Gasteiger partial charge in [-0.05, 0) is 18.7 Å². The highest BCUT2D eigenvalue weighted by atomic mass is 16.6. The smallest absolute Gasteiger partial charge is 0.236 e. The lowest BCUT2D eigenvalue weighted by atomic mass is 10.2. The van der Waals surface area contributed by atoms with Gasteiger partial charge >= 0.3 is 0 Å². The van der Waals surface area contributed by atoms with Gasteiger partial charge in [-0.15, -0.1) is 0 Å². The first-order valence-corrected chi connectivity index (χ1v) is 8.80. The highest BCUT2D eigenvalue weighted by molar-refractivity contribution is 5.78. The number of benzene rings is 1. The summed E-state index contributed by atoms with van der Waals surface area (Å²) in [5.41, 5.74) is 0. The molecule has 0 aromatic heterocycles. The fourth-order valence-electron chi connectivity index (χ4n) is 2.77. The molecule has 1 aliphatic rings.